The topological polar surface area (TPSA) is 106 Å². The van der Waals surface area contributed by atoms with Crippen LogP contribution in [0.25, 0.3) is 16.8 Å². The van der Waals surface area contributed by atoms with Crippen LogP contribution < -0.4 is 15.0 Å². The number of halogens is 2. The molecule has 0 aliphatic rings. The van der Waals surface area contributed by atoms with Gasteiger partial charge in [0, 0.05) is 17.3 Å². The molecule has 0 aliphatic heterocycles. The van der Waals surface area contributed by atoms with Crippen molar-refractivity contribution >= 4 is 21.2 Å². The van der Waals surface area contributed by atoms with Gasteiger partial charge in [-0.05, 0) is 55.8 Å². The summed E-state index contributed by atoms with van der Waals surface area (Å²) in [5.41, 5.74) is 1.65. The molecule has 0 spiro atoms. The van der Waals surface area contributed by atoms with Crippen molar-refractivity contribution in [2.24, 2.45) is 0 Å². The van der Waals surface area contributed by atoms with Crippen LogP contribution in [0.3, 0.4) is 0 Å². The van der Waals surface area contributed by atoms with Crippen LogP contribution in [0.2, 0.25) is 0 Å². The molecule has 4 rings (SSSR count). The average molecular weight is 460 g/mol. The van der Waals surface area contributed by atoms with Gasteiger partial charge in [-0.1, -0.05) is 0 Å². The highest BCUT2D eigenvalue weighted by molar-refractivity contribution is 7.92. The van der Waals surface area contributed by atoms with Crippen molar-refractivity contribution in [3.8, 4) is 22.8 Å². The summed E-state index contributed by atoms with van der Waals surface area (Å²) in [4.78, 5) is 12.2. The van der Waals surface area contributed by atoms with Gasteiger partial charge < -0.3 is 4.74 Å². The lowest BCUT2D eigenvalue weighted by atomic mass is 10.1. The van der Waals surface area contributed by atoms with Gasteiger partial charge >= 0.3 is 0 Å². The van der Waals surface area contributed by atoms with E-state index in [1.165, 1.54) is 35.9 Å². The number of anilines is 1. The minimum Gasteiger partial charge on any atom is -0.454 e. The molecular formula is C21H18F2N4O4S. The Hall–Kier alpha value is -3.73. The van der Waals surface area contributed by atoms with Gasteiger partial charge in [0.2, 0.25) is 10.0 Å². The van der Waals surface area contributed by atoms with Crippen LogP contribution in [0.5, 0.6) is 11.5 Å². The highest BCUT2D eigenvalue weighted by Crippen LogP contribution is 2.38. The molecule has 0 saturated heterocycles. The minimum atomic E-state index is -3.57. The number of H-pyrrole nitrogens is 1. The van der Waals surface area contributed by atoms with Gasteiger partial charge in [-0.25, -0.2) is 22.3 Å². The van der Waals surface area contributed by atoms with Gasteiger partial charge in [0.25, 0.3) is 5.56 Å². The second kappa shape index (κ2) is 8.08. The molecule has 0 saturated carbocycles. The van der Waals surface area contributed by atoms with E-state index in [0.29, 0.717) is 28.4 Å². The van der Waals surface area contributed by atoms with Gasteiger partial charge in [0.1, 0.15) is 23.4 Å². The molecule has 0 radical (unpaired) electrons. The van der Waals surface area contributed by atoms with Crippen LogP contribution in [-0.4, -0.2) is 28.8 Å². The van der Waals surface area contributed by atoms with Gasteiger partial charge in [-0.2, -0.15) is 5.10 Å². The molecular weight excluding hydrogens is 442 g/mol. The number of hydrogen-bond acceptors (Lipinski definition) is 5. The van der Waals surface area contributed by atoms with Crippen LogP contribution >= 0.6 is 0 Å². The molecule has 32 heavy (non-hydrogen) atoms. The van der Waals surface area contributed by atoms with E-state index < -0.39 is 27.2 Å². The molecule has 0 unspecified atom stereocenters. The molecule has 8 nitrogen and oxygen atoms in total. The first-order chi connectivity index (χ1) is 15.2. The van der Waals surface area contributed by atoms with E-state index >= 15 is 0 Å². The van der Waals surface area contributed by atoms with Crippen molar-refractivity contribution in [1.82, 2.24) is 14.6 Å². The molecule has 2 aromatic heterocycles. The number of nitrogens with one attached hydrogen (secondary N) is 2. The Kier molecular flexibility index (Phi) is 5.43. The number of hydrogen-bond donors (Lipinski definition) is 2. The summed E-state index contributed by atoms with van der Waals surface area (Å²) in [6.07, 6.45) is 1.39. The average Bonchev–Trinajstić information content (AvgIpc) is 3.08. The number of sulfonamides is 1. The minimum absolute atomic E-state index is 0.131. The molecule has 0 atom stereocenters. The normalized spacial score (nSPS) is 11.6. The summed E-state index contributed by atoms with van der Waals surface area (Å²) in [7, 11) is -3.57. The zero-order valence-electron chi connectivity index (χ0n) is 17.0. The maximum Gasteiger partial charge on any atom is 0.288 e. The standard InChI is InChI=1S/C21H18F2N4O4S/c1-3-32(29,30)26-14-5-7-18(31-19-6-4-13(22)9-16(19)23)15(10-14)17-8-12(2)20-21(28)25-24-11-27(17)20/h4-11,26H,3H2,1-2H3,(H,25,28). The highest BCUT2D eigenvalue weighted by atomic mass is 32.2. The maximum absolute atomic E-state index is 14.2. The van der Waals surface area contributed by atoms with Gasteiger partial charge in [0.05, 0.1) is 11.4 Å². The molecule has 2 heterocycles. The van der Waals surface area contributed by atoms with Crippen LogP contribution in [0.1, 0.15) is 12.5 Å². The van der Waals surface area contributed by atoms with E-state index in [1.807, 2.05) is 0 Å². The summed E-state index contributed by atoms with van der Waals surface area (Å²) < 4.78 is 61.3. The first-order valence-electron chi connectivity index (χ1n) is 9.51. The Bertz CT molecular complexity index is 1500. The fourth-order valence-electron chi connectivity index (χ4n) is 3.28. The molecule has 11 heteroatoms. The summed E-state index contributed by atoms with van der Waals surface area (Å²) in [6, 6.07) is 9.03. The van der Waals surface area contributed by atoms with E-state index in [1.54, 1.807) is 13.0 Å². The van der Waals surface area contributed by atoms with Gasteiger partial charge in [0.15, 0.2) is 11.6 Å². The molecule has 2 aromatic carbocycles. The SMILES string of the molecule is CCS(=O)(=O)Nc1ccc(Oc2ccc(F)cc2F)c(-c2cc(C)c3c(=O)[nH]ncn23)c1. The van der Waals surface area contributed by atoms with Crippen molar-refractivity contribution < 1.29 is 21.9 Å². The Morgan fingerprint density at radius 1 is 1.12 bits per heavy atom. The highest BCUT2D eigenvalue weighted by Gasteiger charge is 2.18. The van der Waals surface area contributed by atoms with E-state index in [9.17, 15) is 22.0 Å². The predicted octanol–water partition coefficient (Wildman–Crippen LogP) is 3.83. The number of fused-ring (bicyclic) bond motifs is 1. The van der Waals surface area contributed by atoms with E-state index in [-0.39, 0.29) is 22.9 Å². The third-order valence-corrected chi connectivity index (χ3v) is 6.11. The third-order valence-electron chi connectivity index (χ3n) is 4.80. The second-order valence-electron chi connectivity index (χ2n) is 7.01. The van der Waals surface area contributed by atoms with E-state index in [0.717, 1.165) is 12.1 Å². The molecule has 0 aliphatic carbocycles. The summed E-state index contributed by atoms with van der Waals surface area (Å²) in [5, 5.41) is 6.18. The Morgan fingerprint density at radius 3 is 2.59 bits per heavy atom. The lowest BCUT2D eigenvalue weighted by Crippen LogP contribution is -2.14. The van der Waals surface area contributed by atoms with Crippen LogP contribution in [-0.2, 0) is 10.0 Å². The fraction of sp³-hybridized carbons (Fsp3) is 0.143. The Morgan fingerprint density at radius 2 is 1.88 bits per heavy atom. The number of aryl methyl sites for hydroxylation is 1. The van der Waals surface area contributed by atoms with E-state index in [2.05, 4.69) is 14.9 Å². The third kappa shape index (κ3) is 4.06. The summed E-state index contributed by atoms with van der Waals surface area (Å²) >= 11 is 0. The lowest BCUT2D eigenvalue weighted by molar-refractivity contribution is 0.439. The lowest BCUT2D eigenvalue weighted by Gasteiger charge is -2.14. The first kappa shape index (κ1) is 21.5. The molecule has 166 valence electrons. The van der Waals surface area contributed by atoms with Crippen molar-refractivity contribution in [1.29, 1.82) is 0 Å². The monoisotopic (exact) mass is 460 g/mol. The smallest absolute Gasteiger partial charge is 0.288 e. The molecule has 2 N–H and O–H groups in total. The molecule has 0 bridgehead atoms. The first-order valence-corrected chi connectivity index (χ1v) is 11.2. The quantitative estimate of drug-likeness (QED) is 0.455. The largest absolute Gasteiger partial charge is 0.454 e. The zero-order chi connectivity index (χ0) is 23.0. The molecule has 0 amide bonds. The predicted molar refractivity (Wildman–Crippen MR) is 116 cm³/mol. The van der Waals surface area contributed by atoms with Crippen molar-refractivity contribution in [3.05, 3.63) is 76.3 Å². The fourth-order valence-corrected chi connectivity index (χ4v) is 3.91. The zero-order valence-corrected chi connectivity index (χ0v) is 17.8. The number of rotatable bonds is 6. The van der Waals surface area contributed by atoms with Crippen LogP contribution in [0.15, 0.2) is 53.6 Å². The Labute approximate surface area is 181 Å². The second-order valence-corrected chi connectivity index (χ2v) is 9.02. The number of aromatic nitrogens is 3. The van der Waals surface area contributed by atoms with Crippen molar-refractivity contribution in [2.45, 2.75) is 13.8 Å². The Balaban J connectivity index is 1.91. The van der Waals surface area contributed by atoms with Crippen LogP contribution in [0, 0.1) is 18.6 Å². The number of aromatic amines is 1. The maximum atomic E-state index is 14.2. The van der Waals surface area contributed by atoms with Crippen LogP contribution in [0.4, 0.5) is 14.5 Å². The van der Waals surface area contributed by atoms with Gasteiger partial charge in [-0.15, -0.1) is 0 Å². The summed E-state index contributed by atoms with van der Waals surface area (Å²) in [6.45, 7) is 3.23. The van der Waals surface area contributed by atoms with Crippen molar-refractivity contribution in [2.75, 3.05) is 10.5 Å². The van der Waals surface area contributed by atoms with E-state index in [4.69, 9.17) is 4.74 Å². The summed E-state index contributed by atoms with van der Waals surface area (Å²) in [5.74, 6) is -1.84. The van der Waals surface area contributed by atoms with Crippen molar-refractivity contribution in [3.63, 3.8) is 0 Å². The molecule has 4 aromatic rings. The number of benzene rings is 2. The van der Waals surface area contributed by atoms with Gasteiger partial charge in [-0.3, -0.25) is 13.9 Å². The molecule has 0 fully saturated rings. The number of nitrogens with zero attached hydrogens (tertiary/aromatic N) is 2. The number of ether oxygens (including phenoxy) is 1.